The van der Waals surface area contributed by atoms with Crippen LogP contribution in [0.2, 0.25) is 0 Å². The molecule has 10 heteroatoms. The Morgan fingerprint density at radius 3 is 1.15 bits per heavy atom. The summed E-state index contributed by atoms with van der Waals surface area (Å²) in [6.07, 6.45) is 0.246. The van der Waals surface area contributed by atoms with E-state index in [1.165, 1.54) is 0 Å². The summed E-state index contributed by atoms with van der Waals surface area (Å²) < 4.78 is 0. The van der Waals surface area contributed by atoms with Crippen molar-refractivity contribution in [1.82, 2.24) is 0 Å². The number of amides is 2. The first kappa shape index (κ1) is 20.1. The maximum Gasteiger partial charge on any atom is 0.320 e. The molecule has 116 valence electrons. The number of hydrogen-bond donors (Lipinski definition) is 6. The van der Waals surface area contributed by atoms with E-state index in [2.05, 4.69) is 0 Å². The minimum absolute atomic E-state index is 0.0213. The number of carboxylic acid groups (broad SMARTS) is 2. The predicted octanol–water partition coefficient (Wildman–Crippen LogP) is -2.67. The molecule has 0 heterocycles. The van der Waals surface area contributed by atoms with Gasteiger partial charge in [-0.25, -0.2) is 0 Å². The molecule has 0 aromatic rings. The van der Waals surface area contributed by atoms with Gasteiger partial charge in [0, 0.05) is 12.8 Å². The summed E-state index contributed by atoms with van der Waals surface area (Å²) in [5.74, 6) is -3.28. The van der Waals surface area contributed by atoms with E-state index in [0.29, 0.717) is 0 Å². The average molecular weight is 292 g/mol. The molecule has 0 aliphatic heterocycles. The fourth-order valence-corrected chi connectivity index (χ4v) is 0.842. The number of hydrogen-bond acceptors (Lipinski definition) is 6. The zero-order valence-electron chi connectivity index (χ0n) is 10.8. The summed E-state index contributed by atoms with van der Waals surface area (Å²) in [6, 6.07) is -1.96. The third-order valence-corrected chi connectivity index (χ3v) is 2.04. The lowest BCUT2D eigenvalue weighted by atomic mass is 10.2. The van der Waals surface area contributed by atoms with Gasteiger partial charge in [0.25, 0.3) is 0 Å². The van der Waals surface area contributed by atoms with E-state index in [-0.39, 0.29) is 25.7 Å². The van der Waals surface area contributed by atoms with Gasteiger partial charge in [-0.1, -0.05) is 0 Å². The molecule has 0 fully saturated rings. The molecule has 0 spiro atoms. The Morgan fingerprint density at radius 2 is 1.00 bits per heavy atom. The van der Waals surface area contributed by atoms with Crippen LogP contribution in [0.15, 0.2) is 0 Å². The first-order valence-corrected chi connectivity index (χ1v) is 5.61. The van der Waals surface area contributed by atoms with E-state index >= 15 is 0 Å². The van der Waals surface area contributed by atoms with Crippen LogP contribution in [-0.2, 0) is 19.2 Å². The van der Waals surface area contributed by atoms with Gasteiger partial charge in [-0.3, -0.25) is 19.2 Å². The molecule has 0 aromatic carbocycles. The fourth-order valence-electron chi connectivity index (χ4n) is 0.842. The molecule has 0 bridgehead atoms. The molecule has 2 amide bonds. The Kier molecular flexibility index (Phi) is 10.8. The number of rotatable bonds is 8. The second-order valence-electron chi connectivity index (χ2n) is 3.90. The highest BCUT2D eigenvalue weighted by atomic mass is 16.4. The van der Waals surface area contributed by atoms with Crippen LogP contribution in [0.5, 0.6) is 0 Å². The Labute approximate surface area is 115 Å². The van der Waals surface area contributed by atoms with Crippen LogP contribution in [0.3, 0.4) is 0 Å². The summed E-state index contributed by atoms with van der Waals surface area (Å²) >= 11 is 0. The molecule has 0 aromatic heterocycles. The largest absolute Gasteiger partial charge is 0.480 e. The first-order chi connectivity index (χ1) is 9.07. The Morgan fingerprint density at radius 1 is 0.750 bits per heavy atom. The van der Waals surface area contributed by atoms with Crippen molar-refractivity contribution in [3.8, 4) is 0 Å². The SMILES string of the molecule is NC(=O)CCC(N)C(=O)O.NC(=O)CC[C@@H](N)C(=O)O. The first-order valence-electron chi connectivity index (χ1n) is 5.61. The Hall–Kier alpha value is -2.20. The van der Waals surface area contributed by atoms with Crippen molar-refractivity contribution < 1.29 is 29.4 Å². The molecule has 0 rings (SSSR count). The monoisotopic (exact) mass is 292 g/mol. The number of carbonyl (C=O) groups is 4. The fraction of sp³-hybridized carbons (Fsp3) is 0.600. The van der Waals surface area contributed by atoms with E-state index in [1.807, 2.05) is 0 Å². The molecule has 10 N–H and O–H groups in total. The van der Waals surface area contributed by atoms with Crippen molar-refractivity contribution in [2.45, 2.75) is 37.8 Å². The lowest BCUT2D eigenvalue weighted by molar-refractivity contribution is -0.139. The molecular weight excluding hydrogens is 272 g/mol. The smallest absolute Gasteiger partial charge is 0.320 e. The van der Waals surface area contributed by atoms with Crippen molar-refractivity contribution >= 4 is 23.8 Å². The number of carboxylic acids is 2. The van der Waals surface area contributed by atoms with Crippen molar-refractivity contribution in [2.24, 2.45) is 22.9 Å². The summed E-state index contributed by atoms with van der Waals surface area (Å²) in [5, 5.41) is 16.4. The van der Waals surface area contributed by atoms with Gasteiger partial charge >= 0.3 is 11.9 Å². The topological polar surface area (TPSA) is 213 Å². The van der Waals surface area contributed by atoms with Crippen LogP contribution in [0.25, 0.3) is 0 Å². The van der Waals surface area contributed by atoms with E-state index in [4.69, 9.17) is 33.1 Å². The maximum absolute atomic E-state index is 10.1. The number of carbonyl (C=O) groups excluding carboxylic acids is 2. The highest BCUT2D eigenvalue weighted by molar-refractivity contribution is 5.77. The molecule has 10 nitrogen and oxygen atoms in total. The van der Waals surface area contributed by atoms with E-state index in [9.17, 15) is 19.2 Å². The van der Waals surface area contributed by atoms with Crippen LogP contribution < -0.4 is 22.9 Å². The van der Waals surface area contributed by atoms with Gasteiger partial charge in [0.2, 0.25) is 11.8 Å². The van der Waals surface area contributed by atoms with E-state index in [0.717, 1.165) is 0 Å². The van der Waals surface area contributed by atoms with Gasteiger partial charge < -0.3 is 33.1 Å². The molecule has 0 aliphatic rings. The number of aliphatic carboxylic acids is 2. The maximum atomic E-state index is 10.1. The van der Waals surface area contributed by atoms with Crippen molar-refractivity contribution in [3.63, 3.8) is 0 Å². The molecule has 0 saturated heterocycles. The summed E-state index contributed by atoms with van der Waals surface area (Å²) in [5.41, 5.74) is 19.6. The lowest BCUT2D eigenvalue weighted by Gasteiger charge is -2.01. The zero-order chi connectivity index (χ0) is 16.3. The molecule has 20 heavy (non-hydrogen) atoms. The third-order valence-electron chi connectivity index (χ3n) is 2.04. The molecule has 2 atom stereocenters. The predicted molar refractivity (Wildman–Crippen MR) is 68.1 cm³/mol. The zero-order valence-corrected chi connectivity index (χ0v) is 10.8. The standard InChI is InChI=1S/2C5H10N2O3/c2*6-3(5(9)10)1-2-4(7)8/h2*3H,1-2,6H2,(H2,7,8)(H,9,10)/t3-;/m1./s1. The van der Waals surface area contributed by atoms with E-state index in [1.54, 1.807) is 0 Å². The van der Waals surface area contributed by atoms with Crippen LogP contribution in [0.1, 0.15) is 25.7 Å². The summed E-state index contributed by atoms with van der Waals surface area (Å²) in [6.45, 7) is 0. The average Bonchev–Trinajstić information content (AvgIpc) is 2.33. The van der Waals surface area contributed by atoms with Crippen LogP contribution in [-0.4, -0.2) is 46.0 Å². The van der Waals surface area contributed by atoms with Crippen molar-refractivity contribution in [3.05, 3.63) is 0 Å². The van der Waals surface area contributed by atoms with Gasteiger partial charge in [-0.2, -0.15) is 0 Å². The van der Waals surface area contributed by atoms with Crippen molar-refractivity contribution in [2.75, 3.05) is 0 Å². The molecule has 1 unspecified atom stereocenters. The lowest BCUT2D eigenvalue weighted by Crippen LogP contribution is -2.31. The van der Waals surface area contributed by atoms with Crippen molar-refractivity contribution in [1.29, 1.82) is 0 Å². The second-order valence-corrected chi connectivity index (χ2v) is 3.90. The van der Waals surface area contributed by atoms with Gasteiger partial charge in [0.15, 0.2) is 0 Å². The summed E-state index contributed by atoms with van der Waals surface area (Å²) in [7, 11) is 0. The normalized spacial score (nSPS) is 12.5. The highest BCUT2D eigenvalue weighted by Gasteiger charge is 2.12. The number of nitrogens with two attached hydrogens (primary N) is 4. The molecular formula is C10H20N4O6. The summed E-state index contributed by atoms with van der Waals surface area (Å²) in [4.78, 5) is 40.3. The van der Waals surface area contributed by atoms with Crippen LogP contribution >= 0.6 is 0 Å². The highest BCUT2D eigenvalue weighted by Crippen LogP contribution is 1.93. The molecule has 0 aliphatic carbocycles. The minimum atomic E-state index is -1.11. The van der Waals surface area contributed by atoms with Crippen LogP contribution in [0.4, 0.5) is 0 Å². The Bertz CT molecular complexity index is 326. The van der Waals surface area contributed by atoms with Gasteiger partial charge in [0.1, 0.15) is 12.1 Å². The quantitative estimate of drug-likeness (QED) is 0.276. The minimum Gasteiger partial charge on any atom is -0.480 e. The van der Waals surface area contributed by atoms with Gasteiger partial charge in [-0.05, 0) is 12.8 Å². The molecule has 0 saturated carbocycles. The van der Waals surface area contributed by atoms with Crippen LogP contribution in [0, 0.1) is 0 Å². The van der Waals surface area contributed by atoms with E-state index < -0.39 is 35.8 Å². The number of primary amides is 2. The second kappa shape index (κ2) is 10.7. The Balaban J connectivity index is 0. The molecule has 0 radical (unpaired) electrons. The third kappa shape index (κ3) is 13.9. The van der Waals surface area contributed by atoms with Gasteiger partial charge in [-0.15, -0.1) is 0 Å². The van der Waals surface area contributed by atoms with Gasteiger partial charge in [0.05, 0.1) is 0 Å².